The number of fused-ring (bicyclic) bond motifs is 1. The smallest absolute Gasteiger partial charge is 0.137 e. The molecule has 2 heterocycles. The molecule has 0 spiro atoms. The number of rotatable bonds is 3. The molecule has 0 bridgehead atoms. The highest BCUT2D eigenvalue weighted by Crippen LogP contribution is 2.22. The predicted molar refractivity (Wildman–Crippen MR) is 80.1 cm³/mol. The number of hydrogen-bond donors (Lipinski definition) is 1. The Morgan fingerprint density at radius 3 is 2.80 bits per heavy atom. The van der Waals surface area contributed by atoms with Gasteiger partial charge in [-0.15, -0.1) is 0 Å². The van der Waals surface area contributed by atoms with Crippen molar-refractivity contribution in [3.63, 3.8) is 0 Å². The van der Waals surface area contributed by atoms with Crippen molar-refractivity contribution >= 4 is 11.3 Å². The zero-order chi connectivity index (χ0) is 14.1. The molecule has 0 fully saturated rings. The Kier molecular flexibility index (Phi) is 3.06. The largest absolute Gasteiger partial charge is 0.496 e. The summed E-state index contributed by atoms with van der Waals surface area (Å²) in [4.78, 5) is 4.64. The first-order valence-corrected chi connectivity index (χ1v) is 6.54. The number of imidazole rings is 1. The Labute approximate surface area is 117 Å². The van der Waals surface area contributed by atoms with E-state index in [1.807, 2.05) is 47.9 Å². The number of nitrogen functional groups attached to an aromatic ring is 1. The number of nitrogens with zero attached hydrogens (tertiary/aromatic N) is 2. The number of aromatic nitrogens is 2. The van der Waals surface area contributed by atoms with Crippen molar-refractivity contribution in [3.8, 4) is 5.75 Å². The summed E-state index contributed by atoms with van der Waals surface area (Å²) in [6, 6.07) is 11.8. The van der Waals surface area contributed by atoms with Gasteiger partial charge in [0.25, 0.3) is 0 Å². The molecule has 0 saturated carbocycles. The van der Waals surface area contributed by atoms with Crippen molar-refractivity contribution < 1.29 is 4.74 Å². The fourth-order valence-electron chi connectivity index (χ4n) is 2.38. The standard InChI is InChI=1S/C16H17N3O/c1-11-14(17)7-8-16-18-13(10-19(11)16)9-12-5-3-4-6-15(12)20-2/h3-8,10H,9,17H2,1-2H3. The van der Waals surface area contributed by atoms with Gasteiger partial charge in [-0.1, -0.05) is 18.2 Å². The first-order chi connectivity index (χ1) is 9.69. The van der Waals surface area contributed by atoms with Gasteiger partial charge in [0, 0.05) is 23.9 Å². The van der Waals surface area contributed by atoms with Gasteiger partial charge in [-0.05, 0) is 25.1 Å². The van der Waals surface area contributed by atoms with Crippen LogP contribution in [0.5, 0.6) is 5.75 Å². The molecule has 0 saturated heterocycles. The minimum Gasteiger partial charge on any atom is -0.496 e. The lowest BCUT2D eigenvalue weighted by Crippen LogP contribution is -1.96. The van der Waals surface area contributed by atoms with Crippen molar-refractivity contribution in [2.75, 3.05) is 12.8 Å². The van der Waals surface area contributed by atoms with Gasteiger partial charge in [-0.2, -0.15) is 0 Å². The van der Waals surface area contributed by atoms with E-state index in [1.165, 1.54) is 0 Å². The zero-order valence-corrected chi connectivity index (χ0v) is 11.6. The maximum atomic E-state index is 5.92. The number of nitrogens with two attached hydrogens (primary N) is 1. The number of anilines is 1. The third kappa shape index (κ3) is 2.09. The lowest BCUT2D eigenvalue weighted by Gasteiger charge is -2.05. The van der Waals surface area contributed by atoms with Gasteiger partial charge in [0.05, 0.1) is 18.5 Å². The summed E-state index contributed by atoms with van der Waals surface area (Å²) in [6.07, 6.45) is 2.78. The fraction of sp³-hybridized carbons (Fsp3) is 0.188. The molecule has 4 nitrogen and oxygen atoms in total. The minimum atomic E-state index is 0.741. The van der Waals surface area contributed by atoms with Gasteiger partial charge in [-0.3, -0.25) is 0 Å². The van der Waals surface area contributed by atoms with Gasteiger partial charge in [0.1, 0.15) is 11.4 Å². The van der Waals surface area contributed by atoms with Crippen molar-refractivity contribution in [2.24, 2.45) is 0 Å². The van der Waals surface area contributed by atoms with Crippen LogP contribution in [0, 0.1) is 6.92 Å². The predicted octanol–water partition coefficient (Wildman–Crippen LogP) is 2.82. The molecule has 1 aromatic carbocycles. The maximum Gasteiger partial charge on any atom is 0.137 e. The zero-order valence-electron chi connectivity index (χ0n) is 11.6. The van der Waals surface area contributed by atoms with Crippen LogP contribution >= 0.6 is 0 Å². The second-order valence-corrected chi connectivity index (χ2v) is 4.82. The van der Waals surface area contributed by atoms with Gasteiger partial charge in [-0.25, -0.2) is 4.98 Å². The molecule has 3 rings (SSSR count). The third-order valence-electron chi connectivity index (χ3n) is 3.54. The molecule has 0 amide bonds. The molecule has 20 heavy (non-hydrogen) atoms. The van der Waals surface area contributed by atoms with Crippen LogP contribution < -0.4 is 10.5 Å². The number of aryl methyl sites for hydroxylation is 1. The molecule has 102 valence electrons. The van der Waals surface area contributed by atoms with Crippen LogP contribution in [0.25, 0.3) is 5.65 Å². The summed E-state index contributed by atoms with van der Waals surface area (Å²) in [6.45, 7) is 2.00. The maximum absolute atomic E-state index is 5.92. The van der Waals surface area contributed by atoms with Crippen LogP contribution in [0.15, 0.2) is 42.6 Å². The summed E-state index contributed by atoms with van der Waals surface area (Å²) >= 11 is 0. The minimum absolute atomic E-state index is 0.741. The van der Waals surface area contributed by atoms with E-state index < -0.39 is 0 Å². The Bertz CT molecular complexity index is 762. The van der Waals surface area contributed by atoms with Gasteiger partial charge >= 0.3 is 0 Å². The summed E-state index contributed by atoms with van der Waals surface area (Å²) in [5.41, 5.74) is 10.8. The second-order valence-electron chi connectivity index (χ2n) is 4.82. The van der Waals surface area contributed by atoms with Crippen LogP contribution in [-0.2, 0) is 6.42 Å². The summed E-state index contributed by atoms with van der Waals surface area (Å²) in [5, 5.41) is 0. The highest BCUT2D eigenvalue weighted by Gasteiger charge is 2.08. The van der Waals surface area contributed by atoms with E-state index >= 15 is 0 Å². The normalized spacial score (nSPS) is 10.9. The van der Waals surface area contributed by atoms with Crippen molar-refractivity contribution in [3.05, 3.63) is 59.5 Å². The summed E-state index contributed by atoms with van der Waals surface area (Å²) in [7, 11) is 1.69. The number of ether oxygens (including phenoxy) is 1. The van der Waals surface area contributed by atoms with Gasteiger partial charge in [0.2, 0.25) is 0 Å². The van der Waals surface area contributed by atoms with Crippen LogP contribution in [0.4, 0.5) is 5.69 Å². The van der Waals surface area contributed by atoms with Crippen LogP contribution in [0.3, 0.4) is 0 Å². The Morgan fingerprint density at radius 1 is 1.20 bits per heavy atom. The van der Waals surface area contributed by atoms with Crippen molar-refractivity contribution in [2.45, 2.75) is 13.3 Å². The molecule has 0 atom stereocenters. The Hall–Kier alpha value is -2.49. The van der Waals surface area contributed by atoms with Crippen LogP contribution in [0.1, 0.15) is 17.0 Å². The Balaban J connectivity index is 2.01. The number of para-hydroxylation sites is 1. The molecule has 2 N–H and O–H groups in total. The summed E-state index contributed by atoms with van der Waals surface area (Å²) in [5.74, 6) is 0.890. The lowest BCUT2D eigenvalue weighted by atomic mass is 10.1. The molecule has 0 unspecified atom stereocenters. The number of methoxy groups -OCH3 is 1. The number of pyridine rings is 1. The average molecular weight is 267 g/mol. The van der Waals surface area contributed by atoms with E-state index in [9.17, 15) is 0 Å². The molecule has 4 heteroatoms. The lowest BCUT2D eigenvalue weighted by molar-refractivity contribution is 0.410. The fourth-order valence-corrected chi connectivity index (χ4v) is 2.38. The molecule has 0 aliphatic carbocycles. The molecule has 0 aliphatic rings. The van der Waals surface area contributed by atoms with E-state index in [1.54, 1.807) is 7.11 Å². The van der Waals surface area contributed by atoms with E-state index in [0.29, 0.717) is 0 Å². The highest BCUT2D eigenvalue weighted by molar-refractivity contribution is 5.53. The molecule has 3 aromatic rings. The van der Waals surface area contributed by atoms with Crippen molar-refractivity contribution in [1.82, 2.24) is 9.38 Å². The van der Waals surface area contributed by atoms with Gasteiger partial charge < -0.3 is 14.9 Å². The first-order valence-electron chi connectivity index (χ1n) is 6.54. The average Bonchev–Trinajstić information content (AvgIpc) is 2.87. The second kappa shape index (κ2) is 4.89. The van der Waals surface area contributed by atoms with Gasteiger partial charge in [0.15, 0.2) is 0 Å². The summed E-state index contributed by atoms with van der Waals surface area (Å²) < 4.78 is 7.41. The quantitative estimate of drug-likeness (QED) is 0.794. The highest BCUT2D eigenvalue weighted by atomic mass is 16.5. The van der Waals surface area contributed by atoms with E-state index in [2.05, 4.69) is 11.1 Å². The molecule has 2 aromatic heterocycles. The van der Waals surface area contributed by atoms with E-state index in [-0.39, 0.29) is 0 Å². The van der Waals surface area contributed by atoms with E-state index in [4.69, 9.17) is 10.5 Å². The third-order valence-corrected chi connectivity index (χ3v) is 3.54. The van der Waals surface area contributed by atoms with Crippen molar-refractivity contribution in [1.29, 1.82) is 0 Å². The SMILES string of the molecule is COc1ccccc1Cc1cn2c(C)c(N)ccc2n1. The molecule has 0 radical (unpaired) electrons. The molecule has 0 aliphatic heterocycles. The Morgan fingerprint density at radius 2 is 2.00 bits per heavy atom. The van der Waals surface area contributed by atoms with E-state index in [0.717, 1.165) is 40.5 Å². The number of hydrogen-bond acceptors (Lipinski definition) is 3. The number of benzene rings is 1. The molecular formula is C16H17N3O. The first kappa shape index (κ1) is 12.5. The topological polar surface area (TPSA) is 52.5 Å². The monoisotopic (exact) mass is 267 g/mol. The van der Waals surface area contributed by atoms with Crippen LogP contribution in [0.2, 0.25) is 0 Å². The molecular weight excluding hydrogens is 250 g/mol. The van der Waals surface area contributed by atoms with Crippen LogP contribution in [-0.4, -0.2) is 16.5 Å².